The Bertz CT molecular complexity index is 292. The van der Waals surface area contributed by atoms with Crippen LogP contribution in [0.25, 0.3) is 0 Å². The molecule has 1 aromatic heterocycles. The van der Waals surface area contributed by atoms with E-state index in [1.165, 1.54) is 5.69 Å². The van der Waals surface area contributed by atoms with E-state index in [1.54, 1.807) is 18.4 Å². The molecule has 0 atom stereocenters. The number of ether oxygens (including phenoxy) is 2. The molecule has 0 aromatic carbocycles. The second kappa shape index (κ2) is 9.53. The molecule has 1 heterocycles. The van der Waals surface area contributed by atoms with Gasteiger partial charge in [-0.2, -0.15) is 0 Å². The number of nitrogens with zero attached hydrogens (tertiary/aromatic N) is 1. The summed E-state index contributed by atoms with van der Waals surface area (Å²) in [7, 11) is 1.68. The summed E-state index contributed by atoms with van der Waals surface area (Å²) in [4.78, 5) is 4.57. The molecule has 0 amide bonds. The molecule has 0 aliphatic heterocycles. The zero-order chi connectivity index (χ0) is 12.3. The van der Waals surface area contributed by atoms with E-state index < -0.39 is 0 Å². The van der Waals surface area contributed by atoms with Crippen molar-refractivity contribution in [3.8, 4) is 0 Å². The fourth-order valence-corrected chi connectivity index (χ4v) is 2.19. The van der Waals surface area contributed by atoms with Crippen molar-refractivity contribution < 1.29 is 9.47 Å². The Labute approximate surface area is 107 Å². The number of hydrogen-bond donors (Lipinski definition) is 1. The van der Waals surface area contributed by atoms with Gasteiger partial charge in [0.15, 0.2) is 0 Å². The SMILES string of the molecule is CCNCCc1csc(CCOCCOC)n1. The maximum atomic E-state index is 5.42. The molecule has 17 heavy (non-hydrogen) atoms. The molecule has 1 aromatic rings. The summed E-state index contributed by atoms with van der Waals surface area (Å²) < 4.78 is 10.3. The highest BCUT2D eigenvalue weighted by atomic mass is 32.1. The number of thiazole rings is 1. The summed E-state index contributed by atoms with van der Waals surface area (Å²) in [6.07, 6.45) is 1.91. The van der Waals surface area contributed by atoms with Crippen molar-refractivity contribution >= 4 is 11.3 Å². The van der Waals surface area contributed by atoms with Crippen LogP contribution in [0.4, 0.5) is 0 Å². The van der Waals surface area contributed by atoms with E-state index in [2.05, 4.69) is 22.6 Å². The average molecular weight is 258 g/mol. The molecule has 0 bridgehead atoms. The van der Waals surface area contributed by atoms with Crippen molar-refractivity contribution in [1.82, 2.24) is 10.3 Å². The summed E-state index contributed by atoms with van der Waals surface area (Å²) in [5, 5.41) is 6.60. The van der Waals surface area contributed by atoms with Gasteiger partial charge in [0.05, 0.1) is 30.5 Å². The van der Waals surface area contributed by atoms with Gasteiger partial charge in [0.2, 0.25) is 0 Å². The van der Waals surface area contributed by atoms with Gasteiger partial charge >= 0.3 is 0 Å². The highest BCUT2D eigenvalue weighted by Gasteiger charge is 2.01. The number of likely N-dealkylation sites (N-methyl/N-ethyl adjacent to an activating group) is 1. The number of nitrogens with one attached hydrogen (secondary N) is 1. The third-order valence-electron chi connectivity index (χ3n) is 2.30. The Kier molecular flexibility index (Phi) is 8.17. The summed E-state index contributed by atoms with van der Waals surface area (Å²) in [5.74, 6) is 0. The molecule has 0 radical (unpaired) electrons. The predicted octanol–water partition coefficient (Wildman–Crippen LogP) is 1.50. The van der Waals surface area contributed by atoms with Gasteiger partial charge in [-0.1, -0.05) is 6.92 Å². The highest BCUT2D eigenvalue weighted by molar-refractivity contribution is 7.09. The fourth-order valence-electron chi connectivity index (χ4n) is 1.38. The number of rotatable bonds is 10. The van der Waals surface area contributed by atoms with Gasteiger partial charge in [0.25, 0.3) is 0 Å². The van der Waals surface area contributed by atoms with Crippen molar-refractivity contribution in [2.75, 3.05) is 40.0 Å². The third kappa shape index (κ3) is 6.73. The van der Waals surface area contributed by atoms with Gasteiger partial charge in [0.1, 0.15) is 0 Å². The minimum atomic E-state index is 0.659. The first-order chi connectivity index (χ1) is 8.36. The molecule has 0 fully saturated rings. The number of aromatic nitrogens is 1. The molecule has 0 saturated heterocycles. The van der Waals surface area contributed by atoms with Crippen LogP contribution in [0.1, 0.15) is 17.6 Å². The van der Waals surface area contributed by atoms with Crippen LogP contribution in [0.5, 0.6) is 0 Å². The largest absolute Gasteiger partial charge is 0.382 e. The normalized spacial score (nSPS) is 10.9. The molecule has 0 unspecified atom stereocenters. The predicted molar refractivity (Wildman–Crippen MR) is 70.8 cm³/mol. The summed E-state index contributed by atoms with van der Waals surface area (Å²) in [6.45, 7) is 6.18. The van der Waals surface area contributed by atoms with Gasteiger partial charge in [0, 0.05) is 31.9 Å². The second-order valence-electron chi connectivity index (χ2n) is 3.69. The number of hydrogen-bond acceptors (Lipinski definition) is 5. The van der Waals surface area contributed by atoms with Crippen LogP contribution >= 0.6 is 11.3 Å². The van der Waals surface area contributed by atoms with Crippen LogP contribution in [-0.2, 0) is 22.3 Å². The molecule has 5 heteroatoms. The standard InChI is InChI=1S/C12H22N2O2S/c1-3-13-6-4-11-10-17-12(14-11)5-7-16-9-8-15-2/h10,13H,3-9H2,1-2H3. The lowest BCUT2D eigenvalue weighted by atomic mass is 10.3. The summed E-state index contributed by atoms with van der Waals surface area (Å²) >= 11 is 1.72. The van der Waals surface area contributed by atoms with E-state index in [0.29, 0.717) is 13.2 Å². The zero-order valence-corrected chi connectivity index (χ0v) is 11.5. The molecule has 0 spiro atoms. The van der Waals surface area contributed by atoms with E-state index in [1.807, 2.05) is 0 Å². The Hall–Kier alpha value is -0.490. The van der Waals surface area contributed by atoms with Crippen LogP contribution in [0.2, 0.25) is 0 Å². The first kappa shape index (κ1) is 14.6. The molecule has 0 saturated carbocycles. The van der Waals surface area contributed by atoms with E-state index in [0.717, 1.165) is 37.5 Å². The van der Waals surface area contributed by atoms with Crippen LogP contribution < -0.4 is 5.32 Å². The lowest BCUT2D eigenvalue weighted by Crippen LogP contribution is -2.16. The summed E-state index contributed by atoms with van der Waals surface area (Å²) in [5.41, 5.74) is 1.18. The molecule has 1 N–H and O–H groups in total. The van der Waals surface area contributed by atoms with Gasteiger partial charge in [-0.25, -0.2) is 4.98 Å². The molecule has 4 nitrogen and oxygen atoms in total. The Morgan fingerprint density at radius 3 is 2.94 bits per heavy atom. The zero-order valence-electron chi connectivity index (χ0n) is 10.7. The van der Waals surface area contributed by atoms with Crippen LogP contribution in [0.3, 0.4) is 0 Å². The van der Waals surface area contributed by atoms with Gasteiger partial charge in [-0.05, 0) is 6.54 Å². The van der Waals surface area contributed by atoms with Crippen LogP contribution in [-0.4, -0.2) is 45.0 Å². The number of methoxy groups -OCH3 is 1. The monoisotopic (exact) mass is 258 g/mol. The summed E-state index contributed by atoms with van der Waals surface area (Å²) in [6, 6.07) is 0. The van der Waals surface area contributed by atoms with E-state index in [9.17, 15) is 0 Å². The van der Waals surface area contributed by atoms with Gasteiger partial charge in [-0.15, -0.1) is 11.3 Å². The van der Waals surface area contributed by atoms with E-state index in [4.69, 9.17) is 9.47 Å². The van der Waals surface area contributed by atoms with Crippen molar-refractivity contribution in [3.63, 3.8) is 0 Å². The minimum Gasteiger partial charge on any atom is -0.382 e. The third-order valence-corrected chi connectivity index (χ3v) is 3.26. The molecule has 0 aliphatic carbocycles. The van der Waals surface area contributed by atoms with Crippen molar-refractivity contribution in [1.29, 1.82) is 0 Å². The second-order valence-corrected chi connectivity index (χ2v) is 4.63. The van der Waals surface area contributed by atoms with E-state index >= 15 is 0 Å². The molecule has 0 aliphatic rings. The van der Waals surface area contributed by atoms with Crippen molar-refractivity contribution in [3.05, 3.63) is 16.1 Å². The smallest absolute Gasteiger partial charge is 0.0951 e. The maximum Gasteiger partial charge on any atom is 0.0951 e. The first-order valence-corrected chi connectivity index (χ1v) is 6.95. The Balaban J connectivity index is 2.12. The van der Waals surface area contributed by atoms with E-state index in [-0.39, 0.29) is 0 Å². The Morgan fingerprint density at radius 2 is 2.18 bits per heavy atom. The molecular formula is C12H22N2O2S. The highest BCUT2D eigenvalue weighted by Crippen LogP contribution is 2.10. The lowest BCUT2D eigenvalue weighted by Gasteiger charge is -2.01. The average Bonchev–Trinajstić information content (AvgIpc) is 2.77. The maximum absolute atomic E-state index is 5.42. The molecular weight excluding hydrogens is 236 g/mol. The van der Waals surface area contributed by atoms with Gasteiger partial charge in [-0.3, -0.25) is 0 Å². The minimum absolute atomic E-state index is 0.659. The van der Waals surface area contributed by atoms with Gasteiger partial charge < -0.3 is 14.8 Å². The quantitative estimate of drug-likeness (QED) is 0.646. The molecule has 98 valence electrons. The Morgan fingerprint density at radius 1 is 1.29 bits per heavy atom. The van der Waals surface area contributed by atoms with Crippen LogP contribution in [0.15, 0.2) is 5.38 Å². The fraction of sp³-hybridized carbons (Fsp3) is 0.750. The molecule has 1 rings (SSSR count). The van der Waals surface area contributed by atoms with Crippen molar-refractivity contribution in [2.24, 2.45) is 0 Å². The van der Waals surface area contributed by atoms with Crippen LogP contribution in [0, 0.1) is 0 Å². The topological polar surface area (TPSA) is 43.4 Å². The lowest BCUT2D eigenvalue weighted by molar-refractivity contribution is 0.0722. The van der Waals surface area contributed by atoms with Crippen molar-refractivity contribution in [2.45, 2.75) is 19.8 Å². The first-order valence-electron chi connectivity index (χ1n) is 6.07.